The number of benzene rings is 2. The second-order valence-corrected chi connectivity index (χ2v) is 6.75. The van der Waals surface area contributed by atoms with Gasteiger partial charge in [-0.1, -0.05) is 48.7 Å². The summed E-state index contributed by atoms with van der Waals surface area (Å²) in [6.07, 6.45) is 6.15. The number of fused-ring (bicyclic) bond motifs is 2. The van der Waals surface area contributed by atoms with E-state index in [2.05, 4.69) is 10.5 Å². The van der Waals surface area contributed by atoms with Crippen molar-refractivity contribution in [1.82, 2.24) is 5.16 Å². The molecule has 1 fully saturated rings. The molecule has 4 heteroatoms. The van der Waals surface area contributed by atoms with Gasteiger partial charge in [0.15, 0.2) is 11.5 Å². The van der Waals surface area contributed by atoms with Gasteiger partial charge in [0.05, 0.1) is 10.9 Å². The van der Waals surface area contributed by atoms with E-state index in [1.54, 1.807) is 0 Å². The highest BCUT2D eigenvalue weighted by molar-refractivity contribution is 6.27. The number of rotatable bonds is 2. The van der Waals surface area contributed by atoms with Gasteiger partial charge in [0.25, 0.3) is 0 Å². The Morgan fingerprint density at radius 2 is 1.79 bits per heavy atom. The van der Waals surface area contributed by atoms with Crippen LogP contribution in [0.15, 0.2) is 40.9 Å². The Hall–Kier alpha value is -2.62. The van der Waals surface area contributed by atoms with E-state index in [9.17, 15) is 4.79 Å². The third-order valence-corrected chi connectivity index (χ3v) is 5.25. The molecule has 120 valence electrons. The van der Waals surface area contributed by atoms with Crippen molar-refractivity contribution in [1.29, 1.82) is 0 Å². The molecule has 0 radical (unpaired) electrons. The van der Waals surface area contributed by atoms with Crippen LogP contribution in [0.25, 0.3) is 22.2 Å². The summed E-state index contributed by atoms with van der Waals surface area (Å²) in [4.78, 5) is 13.1. The minimum Gasteiger partial charge on any atom is -0.382 e. The van der Waals surface area contributed by atoms with E-state index in [1.807, 2.05) is 36.4 Å². The maximum atomic E-state index is 13.1. The number of hydrogen-bond donors (Lipinski definition) is 1. The van der Waals surface area contributed by atoms with Crippen LogP contribution in [0.1, 0.15) is 48.0 Å². The SMILES string of the molecule is O=C1c2ccccc2-c2onc3ccc(NC4CCCCC4)c1c23. The van der Waals surface area contributed by atoms with Crippen LogP contribution in [0.2, 0.25) is 0 Å². The number of anilines is 1. The first-order valence-corrected chi connectivity index (χ1v) is 8.66. The minimum atomic E-state index is 0.0604. The molecule has 0 amide bonds. The third kappa shape index (κ3) is 1.92. The van der Waals surface area contributed by atoms with Gasteiger partial charge in [-0.25, -0.2) is 0 Å². The Morgan fingerprint density at radius 1 is 1.00 bits per heavy atom. The Labute approximate surface area is 139 Å². The van der Waals surface area contributed by atoms with Crippen LogP contribution in [-0.4, -0.2) is 17.0 Å². The van der Waals surface area contributed by atoms with E-state index in [1.165, 1.54) is 32.1 Å². The number of hydrogen-bond acceptors (Lipinski definition) is 4. The maximum absolute atomic E-state index is 13.1. The molecule has 0 spiro atoms. The maximum Gasteiger partial charge on any atom is 0.196 e. The lowest BCUT2D eigenvalue weighted by atomic mass is 9.86. The minimum absolute atomic E-state index is 0.0604. The van der Waals surface area contributed by atoms with Gasteiger partial charge in [0.2, 0.25) is 0 Å². The summed E-state index contributed by atoms with van der Waals surface area (Å²) in [6.45, 7) is 0. The summed E-state index contributed by atoms with van der Waals surface area (Å²) in [6, 6.07) is 12.0. The van der Waals surface area contributed by atoms with Gasteiger partial charge < -0.3 is 9.84 Å². The van der Waals surface area contributed by atoms with E-state index >= 15 is 0 Å². The Balaban J connectivity index is 1.70. The van der Waals surface area contributed by atoms with E-state index in [0.29, 0.717) is 22.9 Å². The van der Waals surface area contributed by atoms with Crippen LogP contribution in [0.3, 0.4) is 0 Å². The van der Waals surface area contributed by atoms with Crippen LogP contribution in [0, 0.1) is 0 Å². The highest BCUT2D eigenvalue weighted by Gasteiger charge is 2.31. The first-order valence-electron chi connectivity index (χ1n) is 8.66. The van der Waals surface area contributed by atoms with Gasteiger partial charge >= 0.3 is 0 Å². The molecular formula is C20H18N2O2. The summed E-state index contributed by atoms with van der Waals surface area (Å²) in [5, 5.41) is 8.62. The quantitative estimate of drug-likeness (QED) is 0.577. The number of ketones is 1. The highest BCUT2D eigenvalue weighted by atomic mass is 16.5. The van der Waals surface area contributed by atoms with Crippen LogP contribution in [0.4, 0.5) is 5.69 Å². The van der Waals surface area contributed by atoms with Gasteiger partial charge in [-0.05, 0) is 25.0 Å². The molecule has 0 atom stereocenters. The normalized spacial score (nSPS) is 17.1. The zero-order valence-corrected chi connectivity index (χ0v) is 13.3. The molecule has 24 heavy (non-hydrogen) atoms. The topological polar surface area (TPSA) is 55.1 Å². The van der Waals surface area contributed by atoms with Gasteiger partial charge in [0.1, 0.15) is 5.52 Å². The number of nitrogens with one attached hydrogen (secondary N) is 1. The molecule has 1 heterocycles. The van der Waals surface area contributed by atoms with E-state index in [4.69, 9.17) is 4.52 Å². The van der Waals surface area contributed by atoms with Crippen molar-refractivity contribution in [2.24, 2.45) is 0 Å². The molecule has 1 N–H and O–H groups in total. The predicted octanol–water partition coefficient (Wildman–Crippen LogP) is 4.78. The standard InChI is InChI=1S/C20H18N2O2/c23-19-13-8-4-5-9-14(13)20-18-16(22-24-20)11-10-15(17(18)19)21-12-6-2-1-3-7-12/h4-5,8-12,21H,1-3,6-7H2. The lowest BCUT2D eigenvalue weighted by molar-refractivity contribution is 0.104. The lowest BCUT2D eigenvalue weighted by Crippen LogP contribution is -2.24. The molecule has 0 aliphatic heterocycles. The van der Waals surface area contributed by atoms with Crippen LogP contribution < -0.4 is 5.32 Å². The highest BCUT2D eigenvalue weighted by Crippen LogP contribution is 2.42. The fourth-order valence-electron chi connectivity index (χ4n) is 4.06. The number of aromatic nitrogens is 1. The molecule has 2 aromatic carbocycles. The average molecular weight is 318 g/mol. The average Bonchev–Trinajstić information content (AvgIpc) is 3.06. The van der Waals surface area contributed by atoms with Gasteiger partial charge in [-0.2, -0.15) is 0 Å². The molecule has 4 nitrogen and oxygen atoms in total. The summed E-state index contributed by atoms with van der Waals surface area (Å²) < 4.78 is 5.59. The molecule has 0 unspecified atom stereocenters. The lowest BCUT2D eigenvalue weighted by Gasteiger charge is -2.26. The van der Waals surface area contributed by atoms with Gasteiger partial charge in [0, 0.05) is 22.9 Å². The third-order valence-electron chi connectivity index (χ3n) is 5.25. The Morgan fingerprint density at radius 3 is 2.62 bits per heavy atom. The largest absolute Gasteiger partial charge is 0.382 e. The van der Waals surface area contributed by atoms with Gasteiger partial charge in [-0.15, -0.1) is 0 Å². The molecule has 0 bridgehead atoms. The van der Waals surface area contributed by atoms with Crippen LogP contribution >= 0.6 is 0 Å². The summed E-state index contributed by atoms with van der Waals surface area (Å²) in [5.74, 6) is 0.771. The molecule has 3 aromatic rings. The van der Waals surface area contributed by atoms with E-state index in [0.717, 1.165) is 22.2 Å². The zero-order chi connectivity index (χ0) is 16.1. The second kappa shape index (κ2) is 5.20. The molecule has 1 aromatic heterocycles. The molecular weight excluding hydrogens is 300 g/mol. The van der Waals surface area contributed by atoms with Crippen molar-refractivity contribution in [3.05, 3.63) is 47.5 Å². The van der Waals surface area contributed by atoms with E-state index < -0.39 is 0 Å². The molecule has 0 saturated heterocycles. The summed E-state index contributed by atoms with van der Waals surface area (Å²) in [7, 11) is 0. The van der Waals surface area contributed by atoms with Crippen molar-refractivity contribution in [3.63, 3.8) is 0 Å². The Bertz CT molecular complexity index is 951. The molecule has 5 rings (SSSR count). The number of carbonyl (C=O) groups excluding carboxylic acids is 1. The summed E-state index contributed by atoms with van der Waals surface area (Å²) in [5.41, 5.74) is 3.91. The van der Waals surface area contributed by atoms with Crippen molar-refractivity contribution in [2.45, 2.75) is 38.1 Å². The second-order valence-electron chi connectivity index (χ2n) is 6.75. The van der Waals surface area contributed by atoms with Crippen molar-refractivity contribution in [3.8, 4) is 11.3 Å². The molecule has 1 saturated carbocycles. The number of carbonyl (C=O) groups is 1. The summed E-state index contributed by atoms with van der Waals surface area (Å²) >= 11 is 0. The fourth-order valence-corrected chi connectivity index (χ4v) is 4.06. The monoisotopic (exact) mass is 318 g/mol. The first kappa shape index (κ1) is 13.8. The Kier molecular flexibility index (Phi) is 2.98. The fraction of sp³-hybridized carbons (Fsp3) is 0.300. The van der Waals surface area contributed by atoms with Crippen LogP contribution in [0.5, 0.6) is 0 Å². The van der Waals surface area contributed by atoms with Crippen molar-refractivity contribution in [2.75, 3.05) is 5.32 Å². The van der Waals surface area contributed by atoms with Crippen molar-refractivity contribution < 1.29 is 9.32 Å². The number of nitrogens with zero attached hydrogens (tertiary/aromatic N) is 1. The van der Waals surface area contributed by atoms with Gasteiger partial charge in [-0.3, -0.25) is 4.79 Å². The van der Waals surface area contributed by atoms with Crippen LogP contribution in [-0.2, 0) is 0 Å². The zero-order valence-electron chi connectivity index (χ0n) is 13.3. The van der Waals surface area contributed by atoms with E-state index in [-0.39, 0.29) is 5.78 Å². The van der Waals surface area contributed by atoms with Crippen molar-refractivity contribution >= 4 is 22.4 Å². The first-order chi connectivity index (χ1) is 11.8. The smallest absolute Gasteiger partial charge is 0.196 e. The predicted molar refractivity (Wildman–Crippen MR) is 93.4 cm³/mol. The molecule has 2 aliphatic rings. The molecule has 2 aliphatic carbocycles.